The molecule has 156 valence electrons. The van der Waals surface area contributed by atoms with Crippen LogP contribution in [0.25, 0.3) is 0 Å². The summed E-state index contributed by atoms with van der Waals surface area (Å²) in [4.78, 5) is 19.4. The van der Waals surface area contributed by atoms with E-state index in [0.29, 0.717) is 24.5 Å². The molecule has 0 aliphatic carbocycles. The van der Waals surface area contributed by atoms with Crippen molar-refractivity contribution in [3.63, 3.8) is 0 Å². The van der Waals surface area contributed by atoms with Crippen LogP contribution in [0.15, 0.2) is 30.3 Å². The third kappa shape index (κ3) is 5.34. The Morgan fingerprint density at radius 1 is 1.25 bits per heavy atom. The van der Waals surface area contributed by atoms with Crippen molar-refractivity contribution in [1.82, 2.24) is 14.7 Å². The van der Waals surface area contributed by atoms with E-state index in [1.807, 2.05) is 7.05 Å². The van der Waals surface area contributed by atoms with E-state index in [4.69, 9.17) is 4.74 Å². The Morgan fingerprint density at radius 2 is 1.96 bits per heavy atom. The zero-order valence-electron chi connectivity index (χ0n) is 17.9. The van der Waals surface area contributed by atoms with Crippen LogP contribution in [0.4, 0.5) is 0 Å². The highest BCUT2D eigenvalue weighted by Gasteiger charge is 2.42. The highest BCUT2D eigenvalue weighted by Crippen LogP contribution is 2.45. The smallest absolute Gasteiger partial charge is 0.236 e. The molecule has 0 aromatic heterocycles. The number of hydrogen-bond acceptors (Lipinski definition) is 4. The lowest BCUT2D eigenvalue weighted by molar-refractivity contribution is -0.135. The molecule has 0 saturated carbocycles. The van der Waals surface area contributed by atoms with Crippen molar-refractivity contribution >= 4 is 5.91 Å². The van der Waals surface area contributed by atoms with Gasteiger partial charge in [-0.15, -0.1) is 0 Å². The summed E-state index contributed by atoms with van der Waals surface area (Å²) in [5.74, 6) is 0.869. The molecule has 1 spiro atoms. The first-order chi connectivity index (χ1) is 13.5. The minimum Gasteiger partial charge on any atom is -0.383 e. The number of ether oxygens (including phenoxy) is 1. The first-order valence-electron chi connectivity index (χ1n) is 10.8. The van der Waals surface area contributed by atoms with Crippen LogP contribution in [-0.2, 0) is 9.53 Å². The maximum atomic E-state index is 12.7. The monoisotopic (exact) mass is 387 g/mol. The molecule has 2 heterocycles. The summed E-state index contributed by atoms with van der Waals surface area (Å²) in [6.45, 7) is 9.48. The van der Waals surface area contributed by atoms with Crippen molar-refractivity contribution in [3.8, 4) is 0 Å². The van der Waals surface area contributed by atoms with E-state index >= 15 is 0 Å². The summed E-state index contributed by atoms with van der Waals surface area (Å²) in [7, 11) is 3.69. The molecule has 0 N–H and O–H groups in total. The topological polar surface area (TPSA) is 36.0 Å². The average molecular weight is 388 g/mol. The van der Waals surface area contributed by atoms with Gasteiger partial charge in [0, 0.05) is 39.8 Å². The van der Waals surface area contributed by atoms with Crippen LogP contribution in [-0.4, -0.2) is 87.2 Å². The number of likely N-dealkylation sites (tertiary alicyclic amines) is 2. The van der Waals surface area contributed by atoms with Gasteiger partial charge in [-0.2, -0.15) is 0 Å². The van der Waals surface area contributed by atoms with Gasteiger partial charge in [0.25, 0.3) is 0 Å². The van der Waals surface area contributed by atoms with E-state index in [1.54, 1.807) is 7.11 Å². The Hall–Kier alpha value is -1.43. The molecule has 1 aromatic carbocycles. The quantitative estimate of drug-likeness (QED) is 0.721. The highest BCUT2D eigenvalue weighted by molar-refractivity contribution is 5.78. The molecule has 5 heteroatoms. The lowest BCUT2D eigenvalue weighted by atomic mass is 9.68. The normalized spacial score (nSPS) is 22.7. The molecule has 28 heavy (non-hydrogen) atoms. The molecule has 2 saturated heterocycles. The summed E-state index contributed by atoms with van der Waals surface area (Å²) in [5, 5.41) is 0. The van der Waals surface area contributed by atoms with Crippen molar-refractivity contribution < 1.29 is 9.53 Å². The number of carbonyl (C=O) groups excluding carboxylic acids is 1. The van der Waals surface area contributed by atoms with Crippen molar-refractivity contribution in [2.75, 3.05) is 66.6 Å². The molecule has 2 aliphatic rings. The summed E-state index contributed by atoms with van der Waals surface area (Å²) in [5.41, 5.74) is 1.83. The molecule has 3 rings (SSSR count). The Balaban J connectivity index is 1.59. The SMILES string of the molecule is CCN1C[C@@H](c2ccccc2)CC2(CCN(C(=O)CN(C)CCOC)CC2)C1. The van der Waals surface area contributed by atoms with E-state index in [2.05, 4.69) is 52.0 Å². The van der Waals surface area contributed by atoms with Gasteiger partial charge in [0.15, 0.2) is 0 Å². The van der Waals surface area contributed by atoms with E-state index in [0.717, 1.165) is 45.6 Å². The van der Waals surface area contributed by atoms with E-state index < -0.39 is 0 Å². The predicted molar refractivity (Wildman–Crippen MR) is 114 cm³/mol. The van der Waals surface area contributed by atoms with E-state index in [1.165, 1.54) is 18.5 Å². The van der Waals surface area contributed by atoms with Gasteiger partial charge in [0.1, 0.15) is 0 Å². The number of methoxy groups -OCH3 is 1. The minimum absolute atomic E-state index is 0.260. The zero-order chi connectivity index (χ0) is 20.0. The molecule has 0 radical (unpaired) electrons. The van der Waals surface area contributed by atoms with Gasteiger partial charge >= 0.3 is 0 Å². The molecule has 0 bridgehead atoms. The maximum Gasteiger partial charge on any atom is 0.236 e. The third-order valence-corrected chi connectivity index (χ3v) is 6.69. The Morgan fingerprint density at radius 3 is 2.61 bits per heavy atom. The number of benzene rings is 1. The summed E-state index contributed by atoms with van der Waals surface area (Å²) in [6.07, 6.45) is 3.50. The predicted octanol–water partition coefficient (Wildman–Crippen LogP) is 2.68. The fourth-order valence-electron chi connectivity index (χ4n) is 4.94. The molecule has 1 atom stereocenters. The van der Waals surface area contributed by atoms with Crippen molar-refractivity contribution in [1.29, 1.82) is 0 Å². The lowest BCUT2D eigenvalue weighted by Crippen LogP contribution is -2.53. The standard InChI is InChI=1S/C23H37N3O2/c1-4-25-17-21(20-8-6-5-7-9-20)16-23(19-25)10-12-26(13-11-23)22(27)18-24(2)14-15-28-3/h5-9,21H,4,10-19H2,1-3H3/t21-/m0/s1. The van der Waals surface area contributed by atoms with Crippen LogP contribution < -0.4 is 0 Å². The van der Waals surface area contributed by atoms with Gasteiger partial charge < -0.3 is 14.5 Å². The van der Waals surface area contributed by atoms with Crippen molar-refractivity contribution in [2.45, 2.75) is 32.1 Å². The molecule has 2 fully saturated rings. The second-order valence-corrected chi connectivity index (χ2v) is 8.75. The van der Waals surface area contributed by atoms with Gasteiger partial charge in [-0.25, -0.2) is 0 Å². The second-order valence-electron chi connectivity index (χ2n) is 8.75. The minimum atomic E-state index is 0.260. The second kappa shape index (κ2) is 9.86. The fraction of sp³-hybridized carbons (Fsp3) is 0.696. The molecule has 2 aliphatic heterocycles. The summed E-state index contributed by atoms with van der Waals surface area (Å²) < 4.78 is 5.11. The number of rotatable bonds is 7. The van der Waals surface area contributed by atoms with Crippen molar-refractivity contribution in [3.05, 3.63) is 35.9 Å². The van der Waals surface area contributed by atoms with Gasteiger partial charge in [0.2, 0.25) is 5.91 Å². The molecular formula is C23H37N3O2. The zero-order valence-corrected chi connectivity index (χ0v) is 17.9. The molecule has 0 unspecified atom stereocenters. The first-order valence-corrected chi connectivity index (χ1v) is 10.8. The van der Waals surface area contributed by atoms with Gasteiger partial charge in [0.05, 0.1) is 13.2 Å². The average Bonchev–Trinajstić information content (AvgIpc) is 2.73. The molecular weight excluding hydrogens is 350 g/mol. The summed E-state index contributed by atoms with van der Waals surface area (Å²) in [6, 6.07) is 11.0. The van der Waals surface area contributed by atoms with Crippen LogP contribution in [0, 0.1) is 5.41 Å². The largest absolute Gasteiger partial charge is 0.383 e. The van der Waals surface area contributed by atoms with E-state index in [9.17, 15) is 4.79 Å². The van der Waals surface area contributed by atoms with Crippen LogP contribution >= 0.6 is 0 Å². The molecule has 1 aromatic rings. The Kier molecular flexibility index (Phi) is 7.49. The van der Waals surface area contributed by atoms with E-state index in [-0.39, 0.29) is 5.91 Å². The lowest BCUT2D eigenvalue weighted by Gasteiger charge is -2.50. The molecule has 1 amide bonds. The molecule has 5 nitrogen and oxygen atoms in total. The third-order valence-electron chi connectivity index (χ3n) is 6.69. The number of nitrogens with zero attached hydrogens (tertiary/aromatic N) is 3. The van der Waals surface area contributed by atoms with Crippen LogP contribution in [0.5, 0.6) is 0 Å². The van der Waals surface area contributed by atoms with Crippen LogP contribution in [0.3, 0.4) is 0 Å². The van der Waals surface area contributed by atoms with Gasteiger partial charge in [-0.3, -0.25) is 9.69 Å². The maximum absolute atomic E-state index is 12.7. The number of amides is 1. The number of hydrogen-bond donors (Lipinski definition) is 0. The highest BCUT2D eigenvalue weighted by atomic mass is 16.5. The van der Waals surface area contributed by atoms with Gasteiger partial charge in [-0.1, -0.05) is 37.3 Å². The Bertz CT molecular complexity index is 614. The van der Waals surface area contributed by atoms with Crippen LogP contribution in [0.2, 0.25) is 0 Å². The number of piperidine rings is 2. The van der Waals surface area contributed by atoms with Gasteiger partial charge in [-0.05, 0) is 49.8 Å². The summed E-state index contributed by atoms with van der Waals surface area (Å²) >= 11 is 0. The Labute approximate surface area is 170 Å². The number of carbonyl (C=O) groups is 1. The van der Waals surface area contributed by atoms with Crippen LogP contribution in [0.1, 0.15) is 37.7 Å². The number of likely N-dealkylation sites (N-methyl/N-ethyl adjacent to an activating group) is 2. The van der Waals surface area contributed by atoms with Crippen molar-refractivity contribution in [2.24, 2.45) is 5.41 Å². The first kappa shape index (κ1) is 21.3. The fourth-order valence-corrected chi connectivity index (χ4v) is 4.94.